The zero-order chi connectivity index (χ0) is 14.8. The summed E-state index contributed by atoms with van der Waals surface area (Å²) in [5.74, 6) is 3.29. The summed E-state index contributed by atoms with van der Waals surface area (Å²) in [6.07, 6.45) is 6.29. The van der Waals surface area contributed by atoms with Gasteiger partial charge in [-0.1, -0.05) is 0 Å². The minimum Gasteiger partial charge on any atom is -0.462 e. The molecule has 0 radical (unpaired) electrons. The Labute approximate surface area is 124 Å². The van der Waals surface area contributed by atoms with Crippen LogP contribution in [0.1, 0.15) is 42.3 Å². The molecule has 0 saturated heterocycles. The average Bonchev–Trinajstić information content (AvgIpc) is 3.03. The van der Waals surface area contributed by atoms with Crippen LogP contribution >= 0.6 is 0 Å². The van der Waals surface area contributed by atoms with Crippen LogP contribution < -0.4 is 0 Å². The van der Waals surface area contributed by atoms with Crippen LogP contribution in [0.5, 0.6) is 0 Å². The average molecular weight is 282 g/mol. The summed E-state index contributed by atoms with van der Waals surface area (Å²) in [7, 11) is 0. The molecule has 0 atom stereocenters. The SMILES string of the molecule is Cc1ccc(C=C2CCC/C(=C\c3ccc(C)o3)C2=O)o1. The summed E-state index contributed by atoms with van der Waals surface area (Å²) < 4.78 is 11.0. The summed E-state index contributed by atoms with van der Waals surface area (Å²) in [6.45, 7) is 3.80. The Bertz CT molecular complexity index is 665. The maximum atomic E-state index is 12.5. The Morgan fingerprint density at radius 2 is 1.33 bits per heavy atom. The number of ketones is 1. The molecule has 0 unspecified atom stereocenters. The van der Waals surface area contributed by atoms with Gasteiger partial charge in [-0.2, -0.15) is 0 Å². The maximum absolute atomic E-state index is 12.5. The molecular formula is C18H18O3. The fraction of sp³-hybridized carbons (Fsp3) is 0.278. The van der Waals surface area contributed by atoms with E-state index in [-0.39, 0.29) is 5.78 Å². The van der Waals surface area contributed by atoms with E-state index in [1.807, 2.05) is 50.3 Å². The topological polar surface area (TPSA) is 43.4 Å². The number of carbonyl (C=O) groups is 1. The van der Waals surface area contributed by atoms with E-state index in [9.17, 15) is 4.79 Å². The van der Waals surface area contributed by atoms with Crippen molar-refractivity contribution in [2.75, 3.05) is 0 Å². The van der Waals surface area contributed by atoms with Crippen LogP contribution in [-0.4, -0.2) is 5.78 Å². The Kier molecular flexibility index (Phi) is 3.65. The zero-order valence-corrected chi connectivity index (χ0v) is 12.3. The molecule has 1 aliphatic rings. The number of aryl methyl sites for hydroxylation is 2. The van der Waals surface area contributed by atoms with Crippen LogP contribution in [0.25, 0.3) is 12.2 Å². The number of Topliss-reactive ketones (excluding diaryl/α,β-unsaturated/α-hetero) is 1. The first-order valence-electron chi connectivity index (χ1n) is 7.20. The smallest absolute Gasteiger partial charge is 0.185 e. The van der Waals surface area contributed by atoms with Gasteiger partial charge in [-0.25, -0.2) is 0 Å². The van der Waals surface area contributed by atoms with Gasteiger partial charge in [0.25, 0.3) is 0 Å². The third-order valence-corrected chi connectivity index (χ3v) is 3.63. The van der Waals surface area contributed by atoms with Gasteiger partial charge in [0, 0.05) is 11.1 Å². The largest absolute Gasteiger partial charge is 0.462 e. The van der Waals surface area contributed by atoms with E-state index in [1.54, 1.807) is 0 Å². The molecule has 1 fully saturated rings. The Hall–Kier alpha value is -2.29. The van der Waals surface area contributed by atoms with Crippen molar-refractivity contribution in [2.24, 2.45) is 0 Å². The molecule has 1 saturated carbocycles. The van der Waals surface area contributed by atoms with Gasteiger partial charge >= 0.3 is 0 Å². The molecule has 0 aliphatic heterocycles. The van der Waals surface area contributed by atoms with Crippen molar-refractivity contribution in [3.63, 3.8) is 0 Å². The zero-order valence-electron chi connectivity index (χ0n) is 12.3. The maximum Gasteiger partial charge on any atom is 0.185 e. The van der Waals surface area contributed by atoms with Gasteiger partial charge in [-0.15, -0.1) is 0 Å². The first kappa shape index (κ1) is 13.7. The van der Waals surface area contributed by atoms with Crippen molar-refractivity contribution in [3.05, 3.63) is 58.5 Å². The molecule has 0 spiro atoms. The van der Waals surface area contributed by atoms with E-state index < -0.39 is 0 Å². The van der Waals surface area contributed by atoms with E-state index in [0.717, 1.165) is 53.4 Å². The molecule has 0 aromatic carbocycles. The third-order valence-electron chi connectivity index (χ3n) is 3.63. The van der Waals surface area contributed by atoms with E-state index in [2.05, 4.69) is 0 Å². The van der Waals surface area contributed by atoms with Crippen molar-refractivity contribution < 1.29 is 13.6 Å². The minimum atomic E-state index is 0.101. The molecule has 0 bridgehead atoms. The molecule has 21 heavy (non-hydrogen) atoms. The first-order valence-corrected chi connectivity index (χ1v) is 7.20. The second kappa shape index (κ2) is 5.60. The summed E-state index contributed by atoms with van der Waals surface area (Å²) in [6, 6.07) is 7.59. The van der Waals surface area contributed by atoms with E-state index in [0.29, 0.717) is 0 Å². The summed E-state index contributed by atoms with van der Waals surface area (Å²) >= 11 is 0. The van der Waals surface area contributed by atoms with Crippen LogP contribution in [0, 0.1) is 13.8 Å². The molecule has 108 valence electrons. The number of hydrogen-bond donors (Lipinski definition) is 0. The molecular weight excluding hydrogens is 264 g/mol. The lowest BCUT2D eigenvalue weighted by Gasteiger charge is -2.15. The molecule has 2 aromatic heterocycles. The Balaban J connectivity index is 1.87. The Morgan fingerprint density at radius 3 is 1.71 bits per heavy atom. The van der Waals surface area contributed by atoms with Gasteiger partial charge in [0.05, 0.1) is 0 Å². The molecule has 3 nitrogen and oxygen atoms in total. The summed E-state index contributed by atoms with van der Waals surface area (Å²) in [5, 5.41) is 0. The number of rotatable bonds is 2. The lowest BCUT2D eigenvalue weighted by atomic mass is 9.88. The lowest BCUT2D eigenvalue weighted by molar-refractivity contribution is -0.112. The van der Waals surface area contributed by atoms with Crippen LogP contribution in [0.3, 0.4) is 0 Å². The van der Waals surface area contributed by atoms with Crippen LogP contribution in [0.4, 0.5) is 0 Å². The molecule has 2 aromatic rings. The number of hydrogen-bond acceptors (Lipinski definition) is 3. The normalized spacial score (nSPS) is 19.6. The van der Waals surface area contributed by atoms with Gasteiger partial charge in [0.15, 0.2) is 5.78 Å². The van der Waals surface area contributed by atoms with Crippen LogP contribution in [0.15, 0.2) is 44.2 Å². The molecule has 0 amide bonds. The van der Waals surface area contributed by atoms with Gasteiger partial charge in [0.1, 0.15) is 23.0 Å². The predicted octanol–water partition coefficient (Wildman–Crippen LogP) is 4.71. The highest BCUT2D eigenvalue weighted by Crippen LogP contribution is 2.28. The molecule has 3 rings (SSSR count). The van der Waals surface area contributed by atoms with E-state index in [4.69, 9.17) is 8.83 Å². The minimum absolute atomic E-state index is 0.101. The third kappa shape index (κ3) is 3.07. The van der Waals surface area contributed by atoms with Crippen molar-refractivity contribution in [2.45, 2.75) is 33.1 Å². The van der Waals surface area contributed by atoms with Crippen molar-refractivity contribution >= 4 is 17.9 Å². The van der Waals surface area contributed by atoms with Crippen molar-refractivity contribution in [1.29, 1.82) is 0 Å². The van der Waals surface area contributed by atoms with E-state index in [1.165, 1.54) is 0 Å². The standard InChI is InChI=1S/C18H18O3/c1-12-6-8-16(20-12)10-14-4-3-5-15(18(14)19)11-17-9-7-13(2)21-17/h6-11H,3-5H2,1-2H3/b14-10+,15-11?. The summed E-state index contributed by atoms with van der Waals surface area (Å²) in [4.78, 5) is 12.5. The second-order valence-electron chi connectivity index (χ2n) is 5.42. The molecule has 2 heterocycles. The van der Waals surface area contributed by atoms with E-state index >= 15 is 0 Å². The molecule has 3 heteroatoms. The molecule has 0 N–H and O–H groups in total. The number of allylic oxidation sites excluding steroid dienone is 2. The fourth-order valence-corrected chi connectivity index (χ4v) is 2.58. The lowest BCUT2D eigenvalue weighted by Crippen LogP contribution is -2.12. The highest BCUT2D eigenvalue weighted by Gasteiger charge is 2.21. The molecule has 1 aliphatic carbocycles. The quantitative estimate of drug-likeness (QED) is 0.749. The first-order chi connectivity index (χ1) is 10.1. The van der Waals surface area contributed by atoms with Gasteiger partial charge < -0.3 is 8.83 Å². The van der Waals surface area contributed by atoms with Crippen molar-refractivity contribution in [1.82, 2.24) is 0 Å². The highest BCUT2D eigenvalue weighted by molar-refractivity contribution is 6.13. The van der Waals surface area contributed by atoms with Gasteiger partial charge in [-0.3, -0.25) is 4.79 Å². The Morgan fingerprint density at radius 1 is 0.857 bits per heavy atom. The fourth-order valence-electron chi connectivity index (χ4n) is 2.58. The number of carbonyl (C=O) groups excluding carboxylic acids is 1. The van der Waals surface area contributed by atoms with Gasteiger partial charge in [0.2, 0.25) is 0 Å². The second-order valence-corrected chi connectivity index (χ2v) is 5.42. The van der Waals surface area contributed by atoms with Gasteiger partial charge in [-0.05, 0) is 69.5 Å². The van der Waals surface area contributed by atoms with Crippen LogP contribution in [0.2, 0.25) is 0 Å². The summed E-state index contributed by atoms with van der Waals surface area (Å²) in [5.41, 5.74) is 1.62. The van der Waals surface area contributed by atoms with Crippen molar-refractivity contribution in [3.8, 4) is 0 Å². The monoisotopic (exact) mass is 282 g/mol. The van der Waals surface area contributed by atoms with Crippen LogP contribution in [-0.2, 0) is 4.79 Å². The highest BCUT2D eigenvalue weighted by atomic mass is 16.3. The number of furan rings is 2. The predicted molar refractivity (Wildman–Crippen MR) is 81.7 cm³/mol.